The first-order valence-corrected chi connectivity index (χ1v) is 10.3. The number of rotatable bonds is 5. The number of hydrogen-bond acceptors (Lipinski definition) is 5. The van der Waals surface area contributed by atoms with Crippen molar-refractivity contribution in [2.45, 2.75) is 56.8 Å². The molecule has 2 fully saturated rings. The van der Waals surface area contributed by atoms with Crippen LogP contribution < -0.4 is 10.5 Å². The Morgan fingerprint density at radius 2 is 2.03 bits per heavy atom. The summed E-state index contributed by atoms with van der Waals surface area (Å²) in [6.45, 7) is 2.13. The predicted molar refractivity (Wildman–Crippen MR) is 110 cm³/mol. The molecule has 3 aromatic rings. The molecule has 1 amide bonds. The molecule has 4 heterocycles. The first-order chi connectivity index (χ1) is 14.5. The predicted octanol–water partition coefficient (Wildman–Crippen LogP) is 3.33. The van der Waals surface area contributed by atoms with E-state index in [0.29, 0.717) is 23.2 Å². The third-order valence-electron chi connectivity index (χ3n) is 6.45. The van der Waals surface area contributed by atoms with E-state index < -0.39 is 5.91 Å². The summed E-state index contributed by atoms with van der Waals surface area (Å²) in [6.07, 6.45) is 5.79. The number of H-pyrrole nitrogens is 1. The van der Waals surface area contributed by atoms with Gasteiger partial charge in [0.05, 0.1) is 11.2 Å². The second kappa shape index (κ2) is 7.36. The van der Waals surface area contributed by atoms with Gasteiger partial charge in [-0.3, -0.25) is 19.8 Å². The molecule has 0 saturated carbocycles. The first kappa shape index (κ1) is 19.0. The Morgan fingerprint density at radius 1 is 1.27 bits per heavy atom. The van der Waals surface area contributed by atoms with E-state index in [1.54, 1.807) is 18.3 Å². The Labute approximate surface area is 173 Å². The summed E-state index contributed by atoms with van der Waals surface area (Å²) in [4.78, 5) is 18.2. The van der Waals surface area contributed by atoms with Gasteiger partial charge >= 0.3 is 0 Å². The third-order valence-corrected chi connectivity index (χ3v) is 6.45. The molecule has 2 aliphatic heterocycles. The molecule has 156 valence electrons. The largest absolute Gasteiger partial charge is 0.490 e. The number of nitrogens with one attached hydrogen (secondary N) is 1. The van der Waals surface area contributed by atoms with Crippen LogP contribution in [-0.2, 0) is 0 Å². The number of benzene rings is 1. The number of aromatic nitrogens is 3. The lowest BCUT2D eigenvalue weighted by Gasteiger charge is -2.42. The number of fused-ring (bicyclic) bond motifs is 3. The van der Waals surface area contributed by atoms with Gasteiger partial charge < -0.3 is 10.5 Å². The standard InChI is InChI=1S/C22H24FN5O2/c1-12(19-11-20(22(24)29)27-26-19)28-14-3-4-15(28)10-16(9-14)30-21-6-7-25-18-5-2-13(23)8-17(18)21/h2,5-8,11-12,14-16H,3-4,9-10H2,1H3,(H2,24,29)(H,26,27). The molecule has 2 aromatic heterocycles. The number of amides is 1. The van der Waals surface area contributed by atoms with Crippen LogP contribution in [0.1, 0.15) is 54.8 Å². The number of carbonyl (C=O) groups excluding carboxylic acids is 1. The van der Waals surface area contributed by atoms with Crippen LogP contribution >= 0.6 is 0 Å². The lowest BCUT2D eigenvalue weighted by atomic mass is 9.96. The molecular weight excluding hydrogens is 385 g/mol. The molecule has 3 unspecified atom stereocenters. The number of hydrogen-bond donors (Lipinski definition) is 2. The van der Waals surface area contributed by atoms with Crippen molar-refractivity contribution in [2.75, 3.05) is 0 Å². The van der Waals surface area contributed by atoms with Gasteiger partial charge in [0.15, 0.2) is 0 Å². The van der Waals surface area contributed by atoms with Crippen LogP contribution in [0.4, 0.5) is 4.39 Å². The monoisotopic (exact) mass is 409 g/mol. The SMILES string of the molecule is CC(c1cc(C(N)=O)n[nH]1)N1C2CCC1CC(Oc1ccnc3ccc(F)cc13)C2. The highest BCUT2D eigenvalue weighted by Gasteiger charge is 2.44. The van der Waals surface area contributed by atoms with Gasteiger partial charge in [0.2, 0.25) is 0 Å². The number of nitrogens with two attached hydrogens (primary N) is 1. The molecule has 0 radical (unpaired) electrons. The van der Waals surface area contributed by atoms with Gasteiger partial charge in [-0.25, -0.2) is 4.39 Å². The van der Waals surface area contributed by atoms with E-state index in [9.17, 15) is 9.18 Å². The highest BCUT2D eigenvalue weighted by molar-refractivity contribution is 5.90. The van der Waals surface area contributed by atoms with Crippen LogP contribution in [0.2, 0.25) is 0 Å². The number of ether oxygens (including phenoxy) is 1. The molecule has 30 heavy (non-hydrogen) atoms. The van der Waals surface area contributed by atoms with Gasteiger partial charge in [-0.05, 0) is 62.9 Å². The number of pyridine rings is 1. The molecule has 2 aliphatic rings. The number of aromatic amines is 1. The van der Waals surface area contributed by atoms with E-state index in [0.717, 1.165) is 36.9 Å². The van der Waals surface area contributed by atoms with Crippen molar-refractivity contribution in [1.82, 2.24) is 20.1 Å². The average molecular weight is 409 g/mol. The molecule has 0 spiro atoms. The molecule has 3 atom stereocenters. The Hall–Kier alpha value is -3.00. The first-order valence-electron chi connectivity index (χ1n) is 10.3. The number of primary amides is 1. The molecule has 2 saturated heterocycles. The summed E-state index contributed by atoms with van der Waals surface area (Å²) in [6, 6.07) is 9.01. The van der Waals surface area contributed by atoms with Crippen LogP contribution in [0.3, 0.4) is 0 Å². The lowest BCUT2D eigenvalue weighted by Crippen LogP contribution is -2.47. The third kappa shape index (κ3) is 3.31. The Balaban J connectivity index is 1.33. The zero-order valence-electron chi connectivity index (χ0n) is 16.7. The maximum absolute atomic E-state index is 13.8. The van der Waals surface area contributed by atoms with Crippen molar-refractivity contribution in [3.05, 3.63) is 53.7 Å². The van der Waals surface area contributed by atoms with Gasteiger partial charge in [0, 0.05) is 29.7 Å². The minimum absolute atomic E-state index is 0.0720. The fraction of sp³-hybridized carbons (Fsp3) is 0.409. The van der Waals surface area contributed by atoms with Crippen molar-refractivity contribution in [2.24, 2.45) is 5.73 Å². The van der Waals surface area contributed by atoms with Gasteiger partial charge in [0.25, 0.3) is 5.91 Å². The number of nitrogens with zero attached hydrogens (tertiary/aromatic N) is 3. The van der Waals surface area contributed by atoms with Gasteiger partial charge in [-0.1, -0.05) is 0 Å². The minimum atomic E-state index is -0.527. The summed E-state index contributed by atoms with van der Waals surface area (Å²) in [5.74, 6) is -0.134. The fourth-order valence-corrected chi connectivity index (χ4v) is 5.11. The van der Waals surface area contributed by atoms with Crippen molar-refractivity contribution < 1.29 is 13.9 Å². The number of carbonyl (C=O) groups is 1. The molecule has 7 nitrogen and oxygen atoms in total. The van der Waals surface area contributed by atoms with Gasteiger partial charge in [-0.15, -0.1) is 0 Å². The molecule has 5 rings (SSSR count). The maximum atomic E-state index is 13.8. The fourth-order valence-electron chi connectivity index (χ4n) is 5.11. The minimum Gasteiger partial charge on any atom is -0.490 e. The number of halogens is 1. The second-order valence-corrected chi connectivity index (χ2v) is 8.26. The van der Waals surface area contributed by atoms with E-state index in [1.165, 1.54) is 12.1 Å². The zero-order valence-corrected chi connectivity index (χ0v) is 16.7. The summed E-state index contributed by atoms with van der Waals surface area (Å²) >= 11 is 0. The van der Waals surface area contributed by atoms with Crippen LogP contribution in [0.5, 0.6) is 5.75 Å². The maximum Gasteiger partial charge on any atom is 0.269 e. The van der Waals surface area contributed by atoms with Crippen LogP contribution in [0, 0.1) is 5.82 Å². The van der Waals surface area contributed by atoms with Crippen LogP contribution in [0.15, 0.2) is 36.5 Å². The number of piperidine rings is 1. The van der Waals surface area contributed by atoms with Crippen molar-refractivity contribution >= 4 is 16.8 Å². The van der Waals surface area contributed by atoms with E-state index in [4.69, 9.17) is 10.5 Å². The summed E-state index contributed by atoms with van der Waals surface area (Å²) in [7, 11) is 0. The van der Waals surface area contributed by atoms with E-state index in [2.05, 4.69) is 27.0 Å². The Morgan fingerprint density at radius 3 is 2.73 bits per heavy atom. The van der Waals surface area contributed by atoms with Gasteiger partial charge in [0.1, 0.15) is 23.4 Å². The molecule has 3 N–H and O–H groups in total. The molecule has 2 bridgehead atoms. The van der Waals surface area contributed by atoms with Gasteiger partial charge in [-0.2, -0.15) is 5.10 Å². The molecule has 0 aliphatic carbocycles. The smallest absolute Gasteiger partial charge is 0.269 e. The summed E-state index contributed by atoms with van der Waals surface area (Å²) < 4.78 is 20.1. The Bertz CT molecular complexity index is 1090. The molecule has 8 heteroatoms. The molecular formula is C22H24FN5O2. The normalized spacial score (nSPS) is 24.8. The van der Waals surface area contributed by atoms with Crippen molar-refractivity contribution in [3.63, 3.8) is 0 Å². The second-order valence-electron chi connectivity index (χ2n) is 8.26. The van der Waals surface area contributed by atoms with Crippen molar-refractivity contribution in [3.8, 4) is 5.75 Å². The highest BCUT2D eigenvalue weighted by Crippen LogP contribution is 2.42. The topological polar surface area (TPSA) is 97.1 Å². The van der Waals surface area contributed by atoms with E-state index >= 15 is 0 Å². The van der Waals surface area contributed by atoms with Crippen molar-refractivity contribution in [1.29, 1.82) is 0 Å². The van der Waals surface area contributed by atoms with Crippen LogP contribution in [-0.4, -0.2) is 44.2 Å². The Kier molecular flexibility index (Phi) is 4.66. The average Bonchev–Trinajstić information content (AvgIpc) is 3.32. The zero-order chi connectivity index (χ0) is 20.8. The van der Waals surface area contributed by atoms with E-state index in [-0.39, 0.29) is 23.7 Å². The lowest BCUT2D eigenvalue weighted by molar-refractivity contribution is 0.0250. The molecule has 1 aromatic carbocycles. The summed E-state index contributed by atoms with van der Waals surface area (Å²) in [5.41, 5.74) is 7.22. The van der Waals surface area contributed by atoms with Crippen LogP contribution in [0.25, 0.3) is 10.9 Å². The summed E-state index contributed by atoms with van der Waals surface area (Å²) in [5, 5.41) is 7.69. The quantitative estimate of drug-likeness (QED) is 0.674. The highest BCUT2D eigenvalue weighted by atomic mass is 19.1. The van der Waals surface area contributed by atoms with E-state index in [1.807, 2.05) is 6.07 Å².